The summed E-state index contributed by atoms with van der Waals surface area (Å²) in [6.07, 6.45) is 2.52. The van der Waals surface area contributed by atoms with Gasteiger partial charge in [-0.3, -0.25) is 4.90 Å². The highest BCUT2D eigenvalue weighted by molar-refractivity contribution is 9.10. The molecule has 19 heavy (non-hydrogen) atoms. The Bertz CT molecular complexity index is 403. The maximum Gasteiger partial charge on any atom is 0.137 e. The lowest BCUT2D eigenvalue weighted by Gasteiger charge is -2.32. The zero-order valence-electron chi connectivity index (χ0n) is 11.5. The molecule has 0 aromatic heterocycles. The Balaban J connectivity index is 1.80. The molecule has 2 nitrogen and oxygen atoms in total. The normalized spacial score (nSPS) is 17.8. The maximum absolute atomic E-state index is 13.2. The van der Waals surface area contributed by atoms with Crippen molar-refractivity contribution < 1.29 is 4.39 Å². The molecule has 0 unspecified atom stereocenters. The van der Waals surface area contributed by atoms with E-state index < -0.39 is 0 Å². The summed E-state index contributed by atoms with van der Waals surface area (Å²) in [5, 5.41) is 3.43. The number of hydrogen-bond acceptors (Lipinski definition) is 2. The molecule has 1 heterocycles. The van der Waals surface area contributed by atoms with Crippen molar-refractivity contribution in [2.75, 3.05) is 26.2 Å². The monoisotopic (exact) mass is 328 g/mol. The van der Waals surface area contributed by atoms with Gasteiger partial charge >= 0.3 is 0 Å². The molecule has 1 aromatic carbocycles. The van der Waals surface area contributed by atoms with Gasteiger partial charge in [0.15, 0.2) is 0 Å². The van der Waals surface area contributed by atoms with Crippen molar-refractivity contribution in [3.63, 3.8) is 0 Å². The van der Waals surface area contributed by atoms with Crippen LogP contribution in [-0.2, 0) is 6.54 Å². The molecular weight excluding hydrogens is 307 g/mol. The van der Waals surface area contributed by atoms with Crippen LogP contribution in [0.3, 0.4) is 0 Å². The van der Waals surface area contributed by atoms with E-state index in [2.05, 4.69) is 33.1 Å². The molecule has 0 atom stereocenters. The van der Waals surface area contributed by atoms with Crippen LogP contribution in [0.5, 0.6) is 0 Å². The van der Waals surface area contributed by atoms with Crippen molar-refractivity contribution in [3.8, 4) is 0 Å². The second-order valence-corrected chi connectivity index (χ2v) is 6.13. The third-order valence-electron chi connectivity index (χ3n) is 3.78. The first-order chi connectivity index (χ1) is 9.19. The lowest BCUT2D eigenvalue weighted by atomic mass is 9.96. The van der Waals surface area contributed by atoms with Gasteiger partial charge in [0, 0.05) is 6.54 Å². The number of nitrogens with zero attached hydrogens (tertiary/aromatic N) is 1. The summed E-state index contributed by atoms with van der Waals surface area (Å²) >= 11 is 3.25. The molecule has 1 aliphatic heterocycles. The zero-order valence-corrected chi connectivity index (χ0v) is 13.0. The first-order valence-corrected chi connectivity index (χ1v) is 7.85. The predicted molar refractivity (Wildman–Crippen MR) is 80.6 cm³/mol. The predicted octanol–water partition coefficient (Wildman–Crippen LogP) is 3.41. The third kappa shape index (κ3) is 4.55. The molecule has 0 radical (unpaired) electrons. The smallest absolute Gasteiger partial charge is 0.137 e. The lowest BCUT2D eigenvalue weighted by Crippen LogP contribution is -2.36. The topological polar surface area (TPSA) is 15.3 Å². The van der Waals surface area contributed by atoms with Gasteiger partial charge < -0.3 is 5.32 Å². The fourth-order valence-electron chi connectivity index (χ4n) is 2.59. The molecule has 106 valence electrons. The van der Waals surface area contributed by atoms with E-state index in [1.807, 2.05) is 12.1 Å². The van der Waals surface area contributed by atoms with Crippen LogP contribution in [0.2, 0.25) is 0 Å². The summed E-state index contributed by atoms with van der Waals surface area (Å²) in [5.41, 5.74) is 1.18. The van der Waals surface area contributed by atoms with Gasteiger partial charge in [-0.2, -0.15) is 0 Å². The number of halogens is 2. The van der Waals surface area contributed by atoms with Crippen LogP contribution in [0.25, 0.3) is 0 Å². The van der Waals surface area contributed by atoms with Gasteiger partial charge in [0.25, 0.3) is 0 Å². The van der Waals surface area contributed by atoms with E-state index in [0.29, 0.717) is 4.47 Å². The van der Waals surface area contributed by atoms with Crippen molar-refractivity contribution >= 4 is 15.9 Å². The number of hydrogen-bond donors (Lipinski definition) is 1. The van der Waals surface area contributed by atoms with Crippen LogP contribution in [0.1, 0.15) is 25.3 Å². The molecule has 2 rings (SSSR count). The van der Waals surface area contributed by atoms with Gasteiger partial charge in [0.05, 0.1) is 4.47 Å². The van der Waals surface area contributed by atoms with Crippen LogP contribution in [0.15, 0.2) is 22.7 Å². The van der Waals surface area contributed by atoms with Crippen LogP contribution in [-0.4, -0.2) is 31.1 Å². The fourth-order valence-corrected chi connectivity index (χ4v) is 3.02. The Kier molecular flexibility index (Phi) is 5.79. The Morgan fingerprint density at radius 2 is 2.11 bits per heavy atom. The van der Waals surface area contributed by atoms with E-state index in [0.717, 1.165) is 38.6 Å². The Morgan fingerprint density at radius 1 is 1.37 bits per heavy atom. The van der Waals surface area contributed by atoms with Crippen molar-refractivity contribution in [3.05, 3.63) is 34.1 Å². The quantitative estimate of drug-likeness (QED) is 0.891. The molecule has 4 heteroatoms. The molecule has 0 amide bonds. The van der Waals surface area contributed by atoms with Crippen molar-refractivity contribution in [1.29, 1.82) is 0 Å². The van der Waals surface area contributed by atoms with Gasteiger partial charge in [0.2, 0.25) is 0 Å². The van der Waals surface area contributed by atoms with E-state index >= 15 is 0 Å². The van der Waals surface area contributed by atoms with Gasteiger partial charge in [-0.05, 0) is 78.6 Å². The minimum Gasteiger partial charge on any atom is -0.317 e. The SMILES string of the molecule is CCNCC1CCN(Cc2ccc(F)c(Br)c2)CC1. The van der Waals surface area contributed by atoms with Gasteiger partial charge in [-0.25, -0.2) is 4.39 Å². The number of piperidine rings is 1. The summed E-state index contributed by atoms with van der Waals surface area (Å²) < 4.78 is 13.7. The molecule has 0 saturated carbocycles. The highest BCUT2D eigenvalue weighted by atomic mass is 79.9. The molecule has 1 saturated heterocycles. The summed E-state index contributed by atoms with van der Waals surface area (Å²) in [4.78, 5) is 2.46. The minimum atomic E-state index is -0.187. The van der Waals surface area contributed by atoms with Crippen LogP contribution in [0, 0.1) is 11.7 Å². The highest BCUT2D eigenvalue weighted by Gasteiger charge is 2.18. The van der Waals surface area contributed by atoms with E-state index in [9.17, 15) is 4.39 Å². The number of rotatable bonds is 5. The van der Waals surface area contributed by atoms with Crippen LogP contribution < -0.4 is 5.32 Å². The van der Waals surface area contributed by atoms with Crippen molar-refractivity contribution in [1.82, 2.24) is 10.2 Å². The summed E-state index contributed by atoms with van der Waals surface area (Å²) in [5.74, 6) is 0.629. The molecule has 1 aliphatic rings. The number of nitrogens with one attached hydrogen (secondary N) is 1. The first kappa shape index (κ1) is 14.9. The molecule has 0 aliphatic carbocycles. The summed E-state index contributed by atoms with van der Waals surface area (Å²) in [7, 11) is 0. The number of likely N-dealkylation sites (tertiary alicyclic amines) is 1. The average molecular weight is 329 g/mol. The van der Waals surface area contributed by atoms with E-state index in [-0.39, 0.29) is 5.82 Å². The Morgan fingerprint density at radius 3 is 2.74 bits per heavy atom. The largest absolute Gasteiger partial charge is 0.317 e. The van der Waals surface area contributed by atoms with E-state index in [1.165, 1.54) is 24.5 Å². The summed E-state index contributed by atoms with van der Waals surface area (Å²) in [6, 6.07) is 5.31. The highest BCUT2D eigenvalue weighted by Crippen LogP contribution is 2.21. The summed E-state index contributed by atoms with van der Waals surface area (Å²) in [6.45, 7) is 7.57. The lowest BCUT2D eigenvalue weighted by molar-refractivity contribution is 0.176. The molecule has 1 fully saturated rings. The van der Waals surface area contributed by atoms with Crippen molar-refractivity contribution in [2.24, 2.45) is 5.92 Å². The second-order valence-electron chi connectivity index (χ2n) is 5.28. The maximum atomic E-state index is 13.2. The second kappa shape index (κ2) is 7.36. The Labute approximate surface area is 123 Å². The first-order valence-electron chi connectivity index (χ1n) is 7.06. The van der Waals surface area contributed by atoms with Gasteiger partial charge in [-0.15, -0.1) is 0 Å². The van der Waals surface area contributed by atoms with E-state index in [1.54, 1.807) is 0 Å². The minimum absolute atomic E-state index is 0.187. The van der Waals surface area contributed by atoms with Crippen LogP contribution in [0.4, 0.5) is 4.39 Å². The van der Waals surface area contributed by atoms with Crippen LogP contribution >= 0.6 is 15.9 Å². The van der Waals surface area contributed by atoms with Gasteiger partial charge in [-0.1, -0.05) is 13.0 Å². The molecule has 0 spiro atoms. The van der Waals surface area contributed by atoms with Gasteiger partial charge in [0.1, 0.15) is 5.82 Å². The van der Waals surface area contributed by atoms with E-state index in [4.69, 9.17) is 0 Å². The molecule has 1 N–H and O–H groups in total. The molecular formula is C15H22BrFN2. The molecule has 1 aromatic rings. The standard InChI is InChI=1S/C15H22BrFN2/c1-2-18-10-12-5-7-19(8-6-12)11-13-3-4-15(17)14(16)9-13/h3-4,9,12,18H,2,5-8,10-11H2,1H3. The number of benzene rings is 1. The molecule has 0 bridgehead atoms. The third-order valence-corrected chi connectivity index (χ3v) is 4.39. The fraction of sp³-hybridized carbons (Fsp3) is 0.600. The van der Waals surface area contributed by atoms with Crippen molar-refractivity contribution in [2.45, 2.75) is 26.3 Å². The zero-order chi connectivity index (χ0) is 13.7. The Hall–Kier alpha value is -0.450. The average Bonchev–Trinajstić information content (AvgIpc) is 2.42.